The van der Waals surface area contributed by atoms with E-state index in [-0.39, 0.29) is 11.7 Å². The van der Waals surface area contributed by atoms with Crippen LogP contribution in [0.15, 0.2) is 47.6 Å². The van der Waals surface area contributed by atoms with E-state index in [0.717, 1.165) is 12.2 Å². The highest BCUT2D eigenvalue weighted by Gasteiger charge is 2.05. The lowest BCUT2D eigenvalue weighted by Crippen LogP contribution is -2.17. The Hall–Kier alpha value is -2.53. The molecule has 0 saturated carbocycles. The third-order valence-corrected chi connectivity index (χ3v) is 3.18. The van der Waals surface area contributed by atoms with Gasteiger partial charge in [0.2, 0.25) is 0 Å². The summed E-state index contributed by atoms with van der Waals surface area (Å²) in [6, 6.07) is 11.4. The Morgan fingerprint density at radius 3 is 2.74 bits per heavy atom. The number of halogens is 1. The minimum Gasteiger partial charge on any atom is -0.507 e. The molecule has 6 heteroatoms. The summed E-state index contributed by atoms with van der Waals surface area (Å²) in [5, 5.41) is 13.9. The highest BCUT2D eigenvalue weighted by molar-refractivity contribution is 6.30. The first-order valence-corrected chi connectivity index (χ1v) is 7.52. The van der Waals surface area contributed by atoms with E-state index in [9.17, 15) is 9.90 Å². The number of hydrogen-bond acceptors (Lipinski definition) is 4. The van der Waals surface area contributed by atoms with E-state index in [2.05, 4.69) is 10.5 Å². The number of ether oxygens (including phenoxy) is 1. The lowest BCUT2D eigenvalue weighted by molar-refractivity contribution is 0.0955. The van der Waals surface area contributed by atoms with Crippen molar-refractivity contribution in [3.05, 3.63) is 58.6 Å². The number of hydrazone groups is 1. The number of carbonyl (C=O) groups excluding carboxylic acids is 1. The van der Waals surface area contributed by atoms with E-state index in [0.29, 0.717) is 22.8 Å². The SMILES string of the molecule is CCCOc1ccc(C(=O)N/N=C\c2cc(Cl)ccc2O)cc1. The summed E-state index contributed by atoms with van der Waals surface area (Å²) in [6.45, 7) is 2.66. The second-order valence-corrected chi connectivity index (χ2v) is 5.21. The molecule has 0 heterocycles. The largest absolute Gasteiger partial charge is 0.507 e. The highest BCUT2D eigenvalue weighted by atomic mass is 35.5. The Labute approximate surface area is 139 Å². The summed E-state index contributed by atoms with van der Waals surface area (Å²) in [7, 11) is 0. The van der Waals surface area contributed by atoms with E-state index < -0.39 is 0 Å². The fraction of sp³-hybridized carbons (Fsp3) is 0.176. The molecule has 0 radical (unpaired) electrons. The third kappa shape index (κ3) is 5.00. The topological polar surface area (TPSA) is 70.9 Å². The maximum atomic E-state index is 12.0. The van der Waals surface area contributed by atoms with Gasteiger partial charge >= 0.3 is 0 Å². The summed E-state index contributed by atoms with van der Waals surface area (Å²) in [5.41, 5.74) is 3.27. The van der Waals surface area contributed by atoms with Crippen molar-refractivity contribution in [1.82, 2.24) is 5.43 Å². The number of benzene rings is 2. The molecule has 2 N–H and O–H groups in total. The van der Waals surface area contributed by atoms with Crippen molar-refractivity contribution in [3.63, 3.8) is 0 Å². The zero-order valence-electron chi connectivity index (χ0n) is 12.6. The van der Waals surface area contributed by atoms with E-state index in [1.54, 1.807) is 36.4 Å². The molecule has 0 bridgehead atoms. The molecule has 23 heavy (non-hydrogen) atoms. The predicted octanol–water partition coefficient (Wildman–Crippen LogP) is 3.60. The summed E-state index contributed by atoms with van der Waals surface area (Å²) in [4.78, 5) is 12.0. The second-order valence-electron chi connectivity index (χ2n) is 4.78. The first-order chi connectivity index (χ1) is 11.1. The molecule has 0 aliphatic heterocycles. The Balaban J connectivity index is 1.96. The molecule has 0 spiro atoms. The molecule has 0 aromatic heterocycles. The lowest BCUT2D eigenvalue weighted by Gasteiger charge is -2.05. The minimum atomic E-state index is -0.357. The van der Waals surface area contributed by atoms with Crippen LogP contribution in [0.25, 0.3) is 0 Å². The van der Waals surface area contributed by atoms with Crippen LogP contribution in [0.2, 0.25) is 5.02 Å². The highest BCUT2D eigenvalue weighted by Crippen LogP contribution is 2.19. The van der Waals surface area contributed by atoms with Crippen LogP contribution in [-0.4, -0.2) is 23.8 Å². The first-order valence-electron chi connectivity index (χ1n) is 7.15. The molecule has 5 nitrogen and oxygen atoms in total. The van der Waals surface area contributed by atoms with Gasteiger partial charge in [-0.2, -0.15) is 5.10 Å². The van der Waals surface area contributed by atoms with Gasteiger partial charge in [-0.1, -0.05) is 18.5 Å². The molecule has 2 aromatic carbocycles. The number of nitrogens with zero attached hydrogens (tertiary/aromatic N) is 1. The van der Waals surface area contributed by atoms with Gasteiger partial charge in [0, 0.05) is 16.1 Å². The van der Waals surface area contributed by atoms with Gasteiger partial charge in [-0.05, 0) is 48.9 Å². The number of carbonyl (C=O) groups is 1. The molecule has 0 aliphatic rings. The Bertz CT molecular complexity index is 699. The molecule has 2 rings (SSSR count). The summed E-state index contributed by atoms with van der Waals surface area (Å²) in [6.07, 6.45) is 2.26. The number of phenolic OH excluding ortho intramolecular Hbond substituents is 1. The predicted molar refractivity (Wildman–Crippen MR) is 90.4 cm³/mol. The normalized spacial score (nSPS) is 10.7. The third-order valence-electron chi connectivity index (χ3n) is 2.95. The molecule has 0 saturated heterocycles. The molecule has 0 fully saturated rings. The van der Waals surface area contributed by atoms with Crippen molar-refractivity contribution in [2.24, 2.45) is 5.10 Å². The van der Waals surface area contributed by atoms with Crippen molar-refractivity contribution in [2.75, 3.05) is 6.61 Å². The van der Waals surface area contributed by atoms with Crippen molar-refractivity contribution >= 4 is 23.7 Å². The number of amides is 1. The van der Waals surface area contributed by atoms with Gasteiger partial charge in [0.25, 0.3) is 5.91 Å². The van der Waals surface area contributed by atoms with E-state index >= 15 is 0 Å². The summed E-state index contributed by atoms with van der Waals surface area (Å²) < 4.78 is 5.45. The second kappa shape index (κ2) is 8.19. The van der Waals surface area contributed by atoms with Crippen molar-refractivity contribution in [3.8, 4) is 11.5 Å². The van der Waals surface area contributed by atoms with Crippen LogP contribution in [0.5, 0.6) is 11.5 Å². The zero-order chi connectivity index (χ0) is 16.7. The molecular formula is C17H17ClN2O3. The lowest BCUT2D eigenvalue weighted by atomic mass is 10.2. The zero-order valence-corrected chi connectivity index (χ0v) is 13.4. The molecule has 120 valence electrons. The van der Waals surface area contributed by atoms with Crippen LogP contribution in [-0.2, 0) is 0 Å². The average Bonchev–Trinajstić information content (AvgIpc) is 2.56. The number of hydrogen-bond donors (Lipinski definition) is 2. The molecular weight excluding hydrogens is 316 g/mol. The molecule has 0 aliphatic carbocycles. The van der Waals surface area contributed by atoms with Gasteiger partial charge < -0.3 is 9.84 Å². The van der Waals surface area contributed by atoms with Gasteiger partial charge in [0.15, 0.2) is 0 Å². The molecule has 0 unspecified atom stereocenters. The van der Waals surface area contributed by atoms with Crippen LogP contribution >= 0.6 is 11.6 Å². The van der Waals surface area contributed by atoms with E-state index in [1.807, 2.05) is 6.92 Å². The fourth-order valence-electron chi connectivity index (χ4n) is 1.78. The smallest absolute Gasteiger partial charge is 0.271 e. The van der Waals surface area contributed by atoms with Crippen molar-refractivity contribution in [1.29, 1.82) is 0 Å². The molecule has 2 aromatic rings. The quantitative estimate of drug-likeness (QED) is 0.627. The Morgan fingerprint density at radius 1 is 1.30 bits per heavy atom. The van der Waals surface area contributed by atoms with Crippen LogP contribution in [0.3, 0.4) is 0 Å². The fourth-order valence-corrected chi connectivity index (χ4v) is 1.96. The first kappa shape index (κ1) is 16.8. The van der Waals surface area contributed by atoms with Crippen LogP contribution in [0, 0.1) is 0 Å². The van der Waals surface area contributed by atoms with Gasteiger partial charge in [-0.25, -0.2) is 5.43 Å². The van der Waals surface area contributed by atoms with E-state index in [4.69, 9.17) is 16.3 Å². The minimum absolute atomic E-state index is 0.0322. The summed E-state index contributed by atoms with van der Waals surface area (Å²) >= 11 is 5.83. The Morgan fingerprint density at radius 2 is 2.04 bits per heavy atom. The molecule has 0 atom stereocenters. The van der Waals surface area contributed by atoms with Gasteiger partial charge in [-0.15, -0.1) is 0 Å². The maximum Gasteiger partial charge on any atom is 0.271 e. The van der Waals surface area contributed by atoms with Gasteiger partial charge in [0.1, 0.15) is 11.5 Å². The van der Waals surface area contributed by atoms with Crippen molar-refractivity contribution in [2.45, 2.75) is 13.3 Å². The van der Waals surface area contributed by atoms with Crippen LogP contribution in [0.1, 0.15) is 29.3 Å². The van der Waals surface area contributed by atoms with Gasteiger partial charge in [-0.3, -0.25) is 4.79 Å². The van der Waals surface area contributed by atoms with Crippen LogP contribution in [0.4, 0.5) is 0 Å². The monoisotopic (exact) mass is 332 g/mol. The Kier molecular flexibility index (Phi) is 6.00. The number of aromatic hydroxyl groups is 1. The maximum absolute atomic E-state index is 12.0. The summed E-state index contributed by atoms with van der Waals surface area (Å²) in [5.74, 6) is 0.394. The van der Waals surface area contributed by atoms with Gasteiger partial charge in [0.05, 0.1) is 12.8 Å². The van der Waals surface area contributed by atoms with Crippen molar-refractivity contribution < 1.29 is 14.6 Å². The number of rotatable bonds is 6. The number of phenols is 1. The standard InChI is InChI=1S/C17H17ClN2O3/c1-2-9-23-15-6-3-12(4-7-15)17(22)20-19-11-13-10-14(18)5-8-16(13)21/h3-8,10-11,21H,2,9H2,1H3,(H,20,22)/b19-11-. The number of nitrogens with one attached hydrogen (secondary N) is 1. The van der Waals surface area contributed by atoms with Crippen LogP contribution < -0.4 is 10.2 Å². The average molecular weight is 333 g/mol. The van der Waals surface area contributed by atoms with E-state index in [1.165, 1.54) is 12.3 Å². The molecule has 1 amide bonds.